The Morgan fingerprint density at radius 1 is 1.34 bits per heavy atom. The molecule has 3 rings (SSSR count). The molecule has 10 heteroatoms. The second kappa shape index (κ2) is 8.22. The lowest BCUT2D eigenvalue weighted by molar-refractivity contribution is -0.141. The Labute approximate surface area is 173 Å². The van der Waals surface area contributed by atoms with E-state index in [4.69, 9.17) is 16.3 Å². The first-order chi connectivity index (χ1) is 13.7. The van der Waals surface area contributed by atoms with E-state index in [0.29, 0.717) is 33.8 Å². The lowest BCUT2D eigenvalue weighted by Crippen LogP contribution is -2.39. The van der Waals surface area contributed by atoms with Gasteiger partial charge < -0.3 is 20.5 Å². The summed E-state index contributed by atoms with van der Waals surface area (Å²) in [5.41, 5.74) is 0.592. The van der Waals surface area contributed by atoms with Crippen LogP contribution in [0.15, 0.2) is 30.5 Å². The van der Waals surface area contributed by atoms with Crippen molar-refractivity contribution < 1.29 is 14.6 Å². The van der Waals surface area contributed by atoms with E-state index < -0.39 is 11.6 Å². The zero-order chi connectivity index (χ0) is 21.2. The first-order valence-electron chi connectivity index (χ1n) is 8.99. The van der Waals surface area contributed by atoms with Gasteiger partial charge in [0.2, 0.25) is 11.9 Å². The molecule has 1 unspecified atom stereocenters. The number of aliphatic hydroxyl groups is 1. The van der Waals surface area contributed by atoms with Crippen LogP contribution in [0.4, 0.5) is 17.6 Å². The standard InChI is InChI=1S/C19H23ClN6O3/c1-11(19(2,3)28)22-17-21-9-14-16(25-17)26(10-15(27)29-4)18(24-14)23-13-8-6-5-7-12(13)20/h5-9,11,28H,10H2,1-4H3,(H,23,24)(H,21,22,25). The number of methoxy groups -OCH3 is 1. The van der Waals surface area contributed by atoms with Crippen LogP contribution in [0.1, 0.15) is 20.8 Å². The van der Waals surface area contributed by atoms with Crippen LogP contribution < -0.4 is 10.6 Å². The van der Waals surface area contributed by atoms with E-state index in [1.807, 2.05) is 19.1 Å². The van der Waals surface area contributed by atoms with Crippen LogP contribution in [0, 0.1) is 0 Å². The molecule has 1 atom stereocenters. The van der Waals surface area contributed by atoms with E-state index in [0.717, 1.165) is 0 Å². The molecule has 3 aromatic rings. The van der Waals surface area contributed by atoms with Crippen molar-refractivity contribution >= 4 is 46.3 Å². The quantitative estimate of drug-likeness (QED) is 0.502. The number of rotatable bonds is 7. The van der Waals surface area contributed by atoms with Gasteiger partial charge in [-0.05, 0) is 32.9 Å². The molecule has 0 radical (unpaired) electrons. The van der Waals surface area contributed by atoms with Crippen LogP contribution in [0.5, 0.6) is 0 Å². The van der Waals surface area contributed by atoms with Crippen LogP contribution in [0.25, 0.3) is 11.2 Å². The Balaban J connectivity index is 2.03. The van der Waals surface area contributed by atoms with Gasteiger partial charge in [-0.2, -0.15) is 4.98 Å². The molecule has 0 spiro atoms. The summed E-state index contributed by atoms with van der Waals surface area (Å²) in [7, 11) is 1.32. The Hall–Kier alpha value is -2.91. The maximum atomic E-state index is 12.0. The summed E-state index contributed by atoms with van der Waals surface area (Å²) in [6, 6.07) is 6.89. The molecule has 2 heterocycles. The van der Waals surface area contributed by atoms with Crippen molar-refractivity contribution in [2.75, 3.05) is 17.7 Å². The minimum Gasteiger partial charge on any atom is -0.468 e. The topological polar surface area (TPSA) is 114 Å². The normalized spacial score (nSPS) is 12.6. The lowest BCUT2D eigenvalue weighted by Gasteiger charge is -2.26. The van der Waals surface area contributed by atoms with Crippen LogP contribution in [0.2, 0.25) is 5.02 Å². The third-order valence-electron chi connectivity index (χ3n) is 4.53. The van der Waals surface area contributed by atoms with Crippen molar-refractivity contribution in [1.29, 1.82) is 0 Å². The molecule has 154 valence electrons. The maximum absolute atomic E-state index is 12.0. The van der Waals surface area contributed by atoms with Crippen LogP contribution in [-0.2, 0) is 16.1 Å². The molecular formula is C19H23ClN6O3. The zero-order valence-electron chi connectivity index (χ0n) is 16.6. The molecule has 0 saturated heterocycles. The number of aromatic nitrogens is 4. The van der Waals surface area contributed by atoms with E-state index in [1.165, 1.54) is 7.11 Å². The molecule has 0 aliphatic carbocycles. The van der Waals surface area contributed by atoms with Crippen molar-refractivity contribution in [2.45, 2.75) is 39.0 Å². The van der Waals surface area contributed by atoms with Crippen molar-refractivity contribution in [3.8, 4) is 0 Å². The molecule has 0 aliphatic heterocycles. The van der Waals surface area contributed by atoms with Crippen molar-refractivity contribution in [2.24, 2.45) is 0 Å². The molecule has 2 aromatic heterocycles. The largest absolute Gasteiger partial charge is 0.468 e. The second-order valence-corrected chi connectivity index (χ2v) is 7.53. The fraction of sp³-hybridized carbons (Fsp3) is 0.368. The Bertz CT molecular complexity index is 1030. The van der Waals surface area contributed by atoms with E-state index in [-0.39, 0.29) is 12.6 Å². The highest BCUT2D eigenvalue weighted by Gasteiger charge is 2.24. The number of esters is 1. The third-order valence-corrected chi connectivity index (χ3v) is 4.86. The molecule has 9 nitrogen and oxygen atoms in total. The van der Waals surface area contributed by atoms with Gasteiger partial charge in [0, 0.05) is 0 Å². The number of ether oxygens (including phenoxy) is 1. The lowest BCUT2D eigenvalue weighted by atomic mass is 10.0. The molecular weight excluding hydrogens is 396 g/mol. The molecule has 0 aliphatic rings. The van der Waals surface area contributed by atoms with Gasteiger partial charge in [0.1, 0.15) is 12.1 Å². The number of carbonyl (C=O) groups excluding carboxylic acids is 1. The maximum Gasteiger partial charge on any atom is 0.325 e. The highest BCUT2D eigenvalue weighted by molar-refractivity contribution is 6.33. The molecule has 0 fully saturated rings. The molecule has 3 N–H and O–H groups in total. The van der Waals surface area contributed by atoms with Gasteiger partial charge >= 0.3 is 5.97 Å². The summed E-state index contributed by atoms with van der Waals surface area (Å²) >= 11 is 6.23. The summed E-state index contributed by atoms with van der Waals surface area (Å²) in [5.74, 6) is 0.229. The van der Waals surface area contributed by atoms with Gasteiger partial charge in [-0.15, -0.1) is 0 Å². The molecule has 0 saturated carbocycles. The van der Waals surface area contributed by atoms with Gasteiger partial charge in [-0.1, -0.05) is 23.7 Å². The number of para-hydroxylation sites is 1. The van der Waals surface area contributed by atoms with Gasteiger partial charge in [-0.25, -0.2) is 9.97 Å². The van der Waals surface area contributed by atoms with Gasteiger partial charge in [-0.3, -0.25) is 9.36 Å². The summed E-state index contributed by atoms with van der Waals surface area (Å²) in [4.78, 5) is 25.2. The van der Waals surface area contributed by atoms with Crippen molar-refractivity contribution in [3.05, 3.63) is 35.5 Å². The second-order valence-electron chi connectivity index (χ2n) is 7.12. The number of hydrogen-bond donors (Lipinski definition) is 3. The number of benzene rings is 1. The van der Waals surface area contributed by atoms with Crippen molar-refractivity contribution in [1.82, 2.24) is 19.5 Å². The van der Waals surface area contributed by atoms with Crippen molar-refractivity contribution in [3.63, 3.8) is 0 Å². The first-order valence-corrected chi connectivity index (χ1v) is 9.37. The van der Waals surface area contributed by atoms with E-state index in [9.17, 15) is 9.90 Å². The van der Waals surface area contributed by atoms with Crippen LogP contribution in [-0.4, -0.2) is 49.3 Å². The number of nitrogens with one attached hydrogen (secondary N) is 2. The SMILES string of the molecule is COC(=O)Cn1c(Nc2ccccc2Cl)nc2cnc(NC(C)C(C)(C)O)nc21. The highest BCUT2D eigenvalue weighted by atomic mass is 35.5. The predicted molar refractivity (Wildman–Crippen MR) is 111 cm³/mol. The summed E-state index contributed by atoms with van der Waals surface area (Å²) in [6.45, 7) is 5.10. The summed E-state index contributed by atoms with van der Waals surface area (Å²) in [5, 5.41) is 16.8. The molecule has 0 amide bonds. The predicted octanol–water partition coefficient (Wildman–Crippen LogP) is 2.97. The smallest absolute Gasteiger partial charge is 0.325 e. The minimum absolute atomic E-state index is 0.0999. The van der Waals surface area contributed by atoms with Gasteiger partial charge in [0.15, 0.2) is 5.65 Å². The third kappa shape index (κ3) is 4.75. The number of fused-ring (bicyclic) bond motifs is 1. The molecule has 1 aromatic carbocycles. The Morgan fingerprint density at radius 2 is 2.07 bits per heavy atom. The molecule has 0 bridgehead atoms. The number of imidazole rings is 1. The van der Waals surface area contributed by atoms with E-state index in [1.54, 1.807) is 36.7 Å². The summed E-state index contributed by atoms with van der Waals surface area (Å²) < 4.78 is 6.40. The van der Waals surface area contributed by atoms with E-state index >= 15 is 0 Å². The number of carbonyl (C=O) groups is 1. The van der Waals surface area contributed by atoms with E-state index in [2.05, 4.69) is 25.6 Å². The van der Waals surface area contributed by atoms with Gasteiger partial charge in [0.05, 0.1) is 35.7 Å². The van der Waals surface area contributed by atoms with Crippen LogP contribution >= 0.6 is 11.6 Å². The Morgan fingerprint density at radius 3 is 2.72 bits per heavy atom. The molecule has 29 heavy (non-hydrogen) atoms. The number of hydrogen-bond acceptors (Lipinski definition) is 8. The monoisotopic (exact) mass is 418 g/mol. The number of anilines is 3. The average molecular weight is 419 g/mol. The minimum atomic E-state index is -0.971. The fourth-order valence-electron chi connectivity index (χ4n) is 2.48. The number of nitrogens with zero attached hydrogens (tertiary/aromatic N) is 4. The van der Waals surface area contributed by atoms with Crippen LogP contribution in [0.3, 0.4) is 0 Å². The zero-order valence-corrected chi connectivity index (χ0v) is 17.4. The first kappa shape index (κ1) is 20.8. The number of halogens is 1. The van der Waals surface area contributed by atoms with Gasteiger partial charge in [0.25, 0.3) is 0 Å². The summed E-state index contributed by atoms with van der Waals surface area (Å²) in [6.07, 6.45) is 1.55. The average Bonchev–Trinajstić information content (AvgIpc) is 2.99. The fourth-order valence-corrected chi connectivity index (χ4v) is 2.66. The highest BCUT2D eigenvalue weighted by Crippen LogP contribution is 2.27. The Kier molecular flexibility index (Phi) is 5.90.